The average Bonchev–Trinajstić information content (AvgIpc) is 2.72. The number of hydrogen-bond donors (Lipinski definition) is 2. The first-order chi connectivity index (χ1) is 14.9. The third-order valence-corrected chi connectivity index (χ3v) is 6.81. The van der Waals surface area contributed by atoms with E-state index in [9.17, 15) is 18.3 Å². The highest BCUT2D eigenvalue weighted by atomic mass is 32.2. The summed E-state index contributed by atoms with van der Waals surface area (Å²) >= 11 is 1.16. The number of unbranched alkanes of at least 4 members (excludes halogenated alkanes) is 13. The first-order valence-electron chi connectivity index (χ1n) is 11.5. The number of aromatic carboxylic acids is 1. The third-order valence-electron chi connectivity index (χ3n) is 5.21. The summed E-state index contributed by atoms with van der Waals surface area (Å²) in [6, 6.07) is 3.29. The summed E-state index contributed by atoms with van der Waals surface area (Å²) in [7, 11) is -4.45. The van der Waals surface area contributed by atoms with E-state index >= 15 is 0 Å². The lowest BCUT2D eigenvalue weighted by molar-refractivity contribution is 0.0695. The van der Waals surface area contributed by atoms with Gasteiger partial charge < -0.3 is 9.29 Å². The SMILES string of the molecule is CCCCCCCCCCCCCCCCSOc1ccc(S(=O)(=O)O)cc1C(=O)O. The highest BCUT2D eigenvalue weighted by molar-refractivity contribution is 7.95. The van der Waals surface area contributed by atoms with Gasteiger partial charge in [0.05, 0.1) is 16.9 Å². The van der Waals surface area contributed by atoms with Crippen LogP contribution >= 0.6 is 12.0 Å². The topological polar surface area (TPSA) is 101 Å². The molecule has 6 nitrogen and oxygen atoms in total. The van der Waals surface area contributed by atoms with Crippen molar-refractivity contribution in [3.05, 3.63) is 23.8 Å². The smallest absolute Gasteiger partial charge is 0.339 e. The quantitative estimate of drug-likeness (QED) is 0.125. The van der Waals surface area contributed by atoms with Crippen LogP contribution in [-0.2, 0) is 10.1 Å². The summed E-state index contributed by atoms with van der Waals surface area (Å²) in [4.78, 5) is 10.8. The van der Waals surface area contributed by atoms with Crippen LogP contribution in [0.1, 0.15) is 107 Å². The fourth-order valence-electron chi connectivity index (χ4n) is 3.37. The highest BCUT2D eigenvalue weighted by Crippen LogP contribution is 2.26. The first-order valence-corrected chi connectivity index (χ1v) is 13.9. The molecule has 0 atom stereocenters. The lowest BCUT2D eigenvalue weighted by Gasteiger charge is -2.08. The monoisotopic (exact) mass is 474 g/mol. The van der Waals surface area contributed by atoms with E-state index in [-0.39, 0.29) is 11.3 Å². The van der Waals surface area contributed by atoms with Gasteiger partial charge in [0, 0.05) is 5.75 Å². The minimum Gasteiger partial charge on any atom is -0.478 e. The molecule has 1 aromatic carbocycles. The van der Waals surface area contributed by atoms with Crippen molar-refractivity contribution in [3.63, 3.8) is 0 Å². The van der Waals surface area contributed by atoms with Crippen LogP contribution in [0.2, 0.25) is 0 Å². The summed E-state index contributed by atoms with van der Waals surface area (Å²) in [5, 5.41) is 9.23. The molecule has 2 N–H and O–H groups in total. The van der Waals surface area contributed by atoms with E-state index in [0.29, 0.717) is 0 Å². The Kier molecular flexibility index (Phi) is 14.7. The Morgan fingerprint density at radius 1 is 0.871 bits per heavy atom. The summed E-state index contributed by atoms with van der Waals surface area (Å²) in [6.45, 7) is 2.25. The fourth-order valence-corrected chi connectivity index (χ4v) is 4.55. The second-order valence-electron chi connectivity index (χ2n) is 7.94. The summed E-state index contributed by atoms with van der Waals surface area (Å²) in [5.41, 5.74) is -0.288. The molecule has 0 aliphatic carbocycles. The van der Waals surface area contributed by atoms with Crippen LogP contribution in [0.4, 0.5) is 0 Å². The largest absolute Gasteiger partial charge is 0.478 e. The van der Waals surface area contributed by atoms with Crippen LogP contribution in [-0.4, -0.2) is 29.8 Å². The van der Waals surface area contributed by atoms with Gasteiger partial charge in [0.2, 0.25) is 0 Å². The highest BCUT2D eigenvalue weighted by Gasteiger charge is 2.18. The molecule has 0 saturated heterocycles. The van der Waals surface area contributed by atoms with Crippen LogP contribution < -0.4 is 4.18 Å². The summed E-state index contributed by atoms with van der Waals surface area (Å²) in [5.74, 6) is -0.496. The van der Waals surface area contributed by atoms with Gasteiger partial charge in [0.15, 0.2) is 5.75 Å². The Labute approximate surface area is 192 Å². The van der Waals surface area contributed by atoms with Crippen molar-refractivity contribution in [2.24, 2.45) is 0 Å². The number of carboxylic acids is 1. The zero-order valence-electron chi connectivity index (χ0n) is 18.7. The van der Waals surface area contributed by atoms with E-state index in [2.05, 4.69) is 6.92 Å². The van der Waals surface area contributed by atoms with E-state index in [1.54, 1.807) is 0 Å². The first kappa shape index (κ1) is 27.8. The van der Waals surface area contributed by atoms with E-state index < -0.39 is 21.0 Å². The minimum atomic E-state index is -4.45. The molecule has 178 valence electrons. The fraction of sp³-hybridized carbons (Fsp3) is 0.696. The molecule has 0 amide bonds. The van der Waals surface area contributed by atoms with Crippen molar-refractivity contribution in [2.75, 3.05) is 5.75 Å². The van der Waals surface area contributed by atoms with Gasteiger partial charge in [0.25, 0.3) is 10.1 Å². The third kappa shape index (κ3) is 13.0. The summed E-state index contributed by atoms with van der Waals surface area (Å²) < 4.78 is 36.8. The van der Waals surface area contributed by atoms with Crippen molar-refractivity contribution in [2.45, 2.75) is 102 Å². The van der Waals surface area contributed by atoms with Gasteiger partial charge >= 0.3 is 5.97 Å². The Morgan fingerprint density at radius 2 is 1.35 bits per heavy atom. The standard InChI is InChI=1S/C23H38O6S2/c1-2-3-4-5-6-7-8-9-10-11-12-13-14-15-18-30-29-22-17-16-20(31(26,27)28)19-21(22)23(24)25/h16-17,19H,2-15,18H2,1H3,(H,24,25)(H,26,27,28). The number of benzene rings is 1. The molecule has 1 rings (SSSR count). The molecular formula is C23H38O6S2. The van der Waals surface area contributed by atoms with Gasteiger partial charge in [-0.3, -0.25) is 4.55 Å². The molecule has 0 saturated carbocycles. The zero-order chi connectivity index (χ0) is 23.0. The van der Waals surface area contributed by atoms with E-state index in [1.807, 2.05) is 0 Å². The van der Waals surface area contributed by atoms with Crippen molar-refractivity contribution in [1.29, 1.82) is 0 Å². The Morgan fingerprint density at radius 3 is 1.81 bits per heavy atom. The second-order valence-corrected chi connectivity index (χ2v) is 10.2. The molecule has 0 unspecified atom stereocenters. The van der Waals surface area contributed by atoms with Gasteiger partial charge in [-0.1, -0.05) is 90.4 Å². The van der Waals surface area contributed by atoms with Crippen molar-refractivity contribution >= 4 is 28.1 Å². The maximum Gasteiger partial charge on any atom is 0.339 e. The van der Waals surface area contributed by atoms with Gasteiger partial charge in [-0.05, 0) is 24.6 Å². The van der Waals surface area contributed by atoms with E-state index in [0.717, 1.165) is 42.8 Å². The van der Waals surface area contributed by atoms with Gasteiger partial charge in [-0.15, -0.1) is 0 Å². The normalized spacial score (nSPS) is 11.5. The molecular weight excluding hydrogens is 436 g/mol. The zero-order valence-corrected chi connectivity index (χ0v) is 20.3. The molecule has 0 aliphatic rings. The van der Waals surface area contributed by atoms with E-state index in [1.165, 1.54) is 83.1 Å². The van der Waals surface area contributed by atoms with E-state index in [4.69, 9.17) is 8.74 Å². The number of carbonyl (C=O) groups is 1. The molecule has 0 fully saturated rings. The number of hydrogen-bond acceptors (Lipinski definition) is 5. The van der Waals surface area contributed by atoms with Crippen LogP contribution in [0.3, 0.4) is 0 Å². The minimum absolute atomic E-state index is 0.0789. The van der Waals surface area contributed by atoms with Crippen molar-refractivity contribution < 1.29 is 27.1 Å². The van der Waals surface area contributed by atoms with Gasteiger partial charge in [0.1, 0.15) is 5.56 Å². The second kappa shape index (κ2) is 16.4. The Hall–Kier alpha value is -1.25. The van der Waals surface area contributed by atoms with Crippen LogP contribution in [0, 0.1) is 0 Å². The van der Waals surface area contributed by atoms with Gasteiger partial charge in [-0.25, -0.2) is 4.79 Å². The molecule has 1 aromatic rings. The molecule has 0 aliphatic heterocycles. The molecule has 0 spiro atoms. The number of rotatable bonds is 19. The predicted molar refractivity (Wildman–Crippen MR) is 127 cm³/mol. The van der Waals surface area contributed by atoms with Crippen molar-refractivity contribution in [1.82, 2.24) is 0 Å². The van der Waals surface area contributed by atoms with Gasteiger partial charge in [-0.2, -0.15) is 8.42 Å². The molecule has 0 aromatic heterocycles. The van der Waals surface area contributed by atoms with Crippen LogP contribution in [0.5, 0.6) is 5.75 Å². The Bertz CT molecular complexity index is 734. The molecule has 8 heteroatoms. The molecule has 0 radical (unpaired) electrons. The Balaban J connectivity index is 2.06. The predicted octanol–water partition coefficient (Wildman–Crippen LogP) is 7.14. The maximum atomic E-state index is 11.3. The average molecular weight is 475 g/mol. The lowest BCUT2D eigenvalue weighted by atomic mass is 10.0. The molecule has 31 heavy (non-hydrogen) atoms. The number of carboxylic acid groups (broad SMARTS) is 1. The van der Waals surface area contributed by atoms with Crippen molar-refractivity contribution in [3.8, 4) is 5.75 Å². The van der Waals surface area contributed by atoms with Crippen LogP contribution in [0.15, 0.2) is 23.1 Å². The molecule has 0 heterocycles. The van der Waals surface area contributed by atoms with Crippen LogP contribution in [0.25, 0.3) is 0 Å². The summed E-state index contributed by atoms with van der Waals surface area (Å²) in [6.07, 6.45) is 18.1. The molecule has 0 bridgehead atoms. The maximum absolute atomic E-state index is 11.3. The lowest BCUT2D eigenvalue weighted by Crippen LogP contribution is -2.04.